The number of nitrogens with zero attached hydrogens (tertiary/aromatic N) is 1. The molecule has 12 heavy (non-hydrogen) atoms. The molecule has 0 unspecified atom stereocenters. The third kappa shape index (κ3) is 1.70. The molecule has 66 valence electrons. The second kappa shape index (κ2) is 3.18. The third-order valence-corrected chi connectivity index (χ3v) is 1.29. The van der Waals surface area contributed by atoms with Crippen molar-refractivity contribution in [1.29, 1.82) is 0 Å². The molecule has 1 aromatic heterocycles. The van der Waals surface area contributed by atoms with Crippen LogP contribution in [0.5, 0.6) is 0 Å². The molecular weight excluding hydrogens is 166 g/mol. The second-order valence-electron chi connectivity index (χ2n) is 2.21. The summed E-state index contributed by atoms with van der Waals surface area (Å²) in [6.45, 7) is 0. The summed E-state index contributed by atoms with van der Waals surface area (Å²) in [4.78, 5) is 21.0. The number of aromatic amines is 1. The van der Waals surface area contributed by atoms with E-state index in [4.69, 9.17) is 10.8 Å². The number of hydrogen-bond acceptors (Lipinski definition) is 5. The fraction of sp³-hybridized carbons (Fsp3) is 0.400. The van der Waals surface area contributed by atoms with Crippen LogP contribution in [0.25, 0.3) is 0 Å². The van der Waals surface area contributed by atoms with Gasteiger partial charge in [-0.15, -0.1) is 0 Å². The Morgan fingerprint density at radius 3 is 2.92 bits per heavy atom. The molecule has 0 aromatic carbocycles. The smallest absolute Gasteiger partial charge is 0.320 e. The van der Waals surface area contributed by atoms with E-state index in [0.29, 0.717) is 0 Å². The quantitative estimate of drug-likeness (QED) is 0.501. The highest BCUT2D eigenvalue weighted by Crippen LogP contribution is 1.90. The summed E-state index contributed by atoms with van der Waals surface area (Å²) < 4.78 is 4.19. The van der Waals surface area contributed by atoms with Crippen LogP contribution in [0.3, 0.4) is 0 Å². The molecule has 0 spiro atoms. The number of aliphatic carboxylic acids is 1. The molecule has 0 saturated heterocycles. The number of carboxylic acids is 1. The summed E-state index contributed by atoms with van der Waals surface area (Å²) >= 11 is 0. The first kappa shape index (κ1) is 8.47. The van der Waals surface area contributed by atoms with E-state index in [9.17, 15) is 9.59 Å². The van der Waals surface area contributed by atoms with Gasteiger partial charge in [-0.2, -0.15) is 5.16 Å². The lowest BCUT2D eigenvalue weighted by Crippen LogP contribution is -2.33. The molecule has 0 bridgehead atoms. The average Bonchev–Trinajstić information content (AvgIpc) is 2.36. The van der Waals surface area contributed by atoms with E-state index in [1.54, 1.807) is 0 Å². The first-order valence-electron chi connectivity index (χ1n) is 3.13. The highest BCUT2D eigenvalue weighted by atomic mass is 16.6. The molecule has 0 aliphatic carbocycles. The number of carboxylic acid groups (broad SMARTS) is 1. The Labute approximate surface area is 66.1 Å². The average molecular weight is 173 g/mol. The van der Waals surface area contributed by atoms with Gasteiger partial charge in [-0.25, -0.2) is 0 Å². The van der Waals surface area contributed by atoms with Crippen LogP contribution in [0.4, 0.5) is 0 Å². The van der Waals surface area contributed by atoms with E-state index in [-0.39, 0.29) is 12.1 Å². The van der Waals surface area contributed by atoms with Crippen molar-refractivity contribution in [2.45, 2.75) is 12.5 Å². The Morgan fingerprint density at radius 2 is 2.50 bits per heavy atom. The topological polar surface area (TPSA) is 122 Å². The van der Waals surface area contributed by atoms with Gasteiger partial charge < -0.3 is 10.8 Å². The highest BCUT2D eigenvalue weighted by Gasteiger charge is 2.16. The van der Waals surface area contributed by atoms with Crippen LogP contribution in [0.2, 0.25) is 0 Å². The summed E-state index contributed by atoms with van der Waals surface area (Å²) in [5.74, 6) is -1.18. The Bertz CT molecular complexity index is 327. The lowest BCUT2D eigenvalue weighted by atomic mass is 10.2. The molecule has 4 N–H and O–H groups in total. The lowest BCUT2D eigenvalue weighted by Gasteiger charge is -1.99. The maximum absolute atomic E-state index is 10.7. The van der Waals surface area contributed by atoms with Gasteiger partial charge in [0.2, 0.25) is 0 Å². The molecular formula is C5H7N3O4. The van der Waals surface area contributed by atoms with Gasteiger partial charge in [0, 0.05) is 6.42 Å². The zero-order valence-electron chi connectivity index (χ0n) is 5.98. The molecule has 0 aliphatic heterocycles. The van der Waals surface area contributed by atoms with Gasteiger partial charge >= 0.3 is 11.5 Å². The van der Waals surface area contributed by atoms with Gasteiger partial charge in [-0.3, -0.25) is 14.2 Å². The van der Waals surface area contributed by atoms with E-state index in [1.165, 1.54) is 0 Å². The number of nitrogens with one attached hydrogen (secondary N) is 1. The van der Waals surface area contributed by atoms with E-state index in [0.717, 1.165) is 0 Å². The predicted octanol–water partition coefficient (Wildman–Crippen LogP) is -1.68. The largest absolute Gasteiger partial charge is 0.480 e. The van der Waals surface area contributed by atoms with Gasteiger partial charge in [-0.1, -0.05) is 5.16 Å². The predicted molar refractivity (Wildman–Crippen MR) is 36.4 cm³/mol. The Morgan fingerprint density at radius 1 is 1.83 bits per heavy atom. The molecule has 0 radical (unpaired) electrons. The molecule has 1 atom stereocenters. The zero-order chi connectivity index (χ0) is 9.14. The van der Waals surface area contributed by atoms with Crippen LogP contribution in [-0.4, -0.2) is 27.4 Å². The Kier molecular flexibility index (Phi) is 2.24. The molecule has 7 nitrogen and oxygen atoms in total. The first-order chi connectivity index (χ1) is 5.61. The van der Waals surface area contributed by atoms with E-state index in [1.807, 2.05) is 5.16 Å². The summed E-state index contributed by atoms with van der Waals surface area (Å²) in [7, 11) is 0. The van der Waals surface area contributed by atoms with Gasteiger partial charge in [0.05, 0.1) is 0 Å². The number of aromatic nitrogens is 2. The van der Waals surface area contributed by atoms with Crippen LogP contribution >= 0.6 is 0 Å². The lowest BCUT2D eigenvalue weighted by molar-refractivity contribution is -0.138. The molecule has 1 aromatic rings. The van der Waals surface area contributed by atoms with Crippen molar-refractivity contribution >= 4 is 5.97 Å². The summed E-state index contributed by atoms with van der Waals surface area (Å²) in [6.07, 6.45) is -0.138. The summed E-state index contributed by atoms with van der Waals surface area (Å²) in [5.41, 5.74) is 4.58. The minimum Gasteiger partial charge on any atom is -0.480 e. The number of H-pyrrole nitrogens is 1. The van der Waals surface area contributed by atoms with Crippen molar-refractivity contribution in [3.8, 4) is 0 Å². The number of carbonyl (C=O) groups is 1. The van der Waals surface area contributed by atoms with Gasteiger partial charge in [-0.05, 0) is 0 Å². The molecule has 1 rings (SSSR count). The fourth-order valence-corrected chi connectivity index (χ4v) is 0.645. The molecule has 0 amide bonds. The monoisotopic (exact) mass is 173 g/mol. The standard InChI is InChI=1S/C5H7N3O4/c6-2(5(10)11)1-3-4(9)8-12-7-3/h2H,1,6H2,(H,8,9)(H,10,11)/t2-/m1/s1. The number of hydrogen-bond donors (Lipinski definition) is 3. The fourth-order valence-electron chi connectivity index (χ4n) is 0.645. The molecule has 0 saturated carbocycles. The van der Waals surface area contributed by atoms with Gasteiger partial charge in [0.25, 0.3) is 0 Å². The number of nitrogens with two attached hydrogens (primary N) is 1. The van der Waals surface area contributed by atoms with Gasteiger partial charge in [0.1, 0.15) is 6.04 Å². The van der Waals surface area contributed by atoms with Crippen molar-refractivity contribution in [3.05, 3.63) is 16.0 Å². The molecule has 0 aliphatic rings. The van der Waals surface area contributed by atoms with Crippen molar-refractivity contribution in [2.24, 2.45) is 5.73 Å². The van der Waals surface area contributed by atoms with Crippen molar-refractivity contribution < 1.29 is 14.5 Å². The van der Waals surface area contributed by atoms with Crippen LogP contribution in [0, 0.1) is 0 Å². The minimum absolute atomic E-state index is 0.00935. The first-order valence-corrected chi connectivity index (χ1v) is 3.13. The minimum atomic E-state index is -1.18. The third-order valence-electron chi connectivity index (χ3n) is 1.29. The molecule has 0 fully saturated rings. The van der Waals surface area contributed by atoms with Crippen molar-refractivity contribution in [2.75, 3.05) is 0 Å². The van der Waals surface area contributed by atoms with Crippen LogP contribution in [-0.2, 0) is 11.2 Å². The Hall–Kier alpha value is -1.63. The number of rotatable bonds is 3. The van der Waals surface area contributed by atoms with E-state index in [2.05, 4.69) is 9.79 Å². The SMILES string of the molecule is N[C@H](Cc1no[nH]c1=O)C(=O)O. The summed E-state index contributed by atoms with van der Waals surface area (Å²) in [5, 5.41) is 13.6. The maximum atomic E-state index is 10.7. The van der Waals surface area contributed by atoms with E-state index < -0.39 is 17.6 Å². The van der Waals surface area contributed by atoms with Crippen LogP contribution < -0.4 is 11.3 Å². The van der Waals surface area contributed by atoms with Crippen molar-refractivity contribution in [1.82, 2.24) is 10.3 Å². The normalized spacial score (nSPS) is 12.8. The molecule has 1 heterocycles. The summed E-state index contributed by atoms with van der Waals surface area (Å²) in [6, 6.07) is -1.13. The van der Waals surface area contributed by atoms with Gasteiger partial charge in [0.15, 0.2) is 5.69 Å². The van der Waals surface area contributed by atoms with Crippen LogP contribution in [0.15, 0.2) is 9.42 Å². The van der Waals surface area contributed by atoms with Crippen LogP contribution in [0.1, 0.15) is 5.69 Å². The Balaban J connectivity index is 2.70. The maximum Gasteiger partial charge on any atom is 0.320 e. The zero-order valence-corrected chi connectivity index (χ0v) is 5.98. The second-order valence-corrected chi connectivity index (χ2v) is 2.21. The van der Waals surface area contributed by atoms with E-state index >= 15 is 0 Å². The highest BCUT2D eigenvalue weighted by molar-refractivity contribution is 5.73. The van der Waals surface area contributed by atoms with Crippen molar-refractivity contribution in [3.63, 3.8) is 0 Å². The molecule has 7 heteroatoms.